The minimum atomic E-state index is -0.484. The first-order chi connectivity index (χ1) is 8.52. The van der Waals surface area contributed by atoms with Crippen molar-refractivity contribution >= 4 is 34.6 Å². The average Bonchev–Trinajstić information content (AvgIpc) is 2.36. The standard InChI is InChI=1S/C10H12N4O3S/c1-2-9(15)12-13-10(18)11-7-3-5-8(6-4-7)14(16)17/h3-6H,2H2,1H3,(H,12,15)(H2,11,13,18). The molecule has 0 radical (unpaired) electrons. The van der Waals surface area contributed by atoms with Gasteiger partial charge in [-0.3, -0.25) is 25.8 Å². The minimum absolute atomic E-state index is 0.00119. The van der Waals surface area contributed by atoms with E-state index in [1.165, 1.54) is 24.3 Å². The van der Waals surface area contributed by atoms with Gasteiger partial charge in [-0.1, -0.05) is 6.92 Å². The van der Waals surface area contributed by atoms with E-state index in [9.17, 15) is 14.9 Å². The van der Waals surface area contributed by atoms with Crippen molar-refractivity contribution in [3.8, 4) is 0 Å². The van der Waals surface area contributed by atoms with Gasteiger partial charge in [0.15, 0.2) is 5.11 Å². The first kappa shape index (κ1) is 13.8. The number of nitro benzene ring substituents is 1. The molecule has 0 aliphatic heterocycles. The summed E-state index contributed by atoms with van der Waals surface area (Å²) in [7, 11) is 0. The van der Waals surface area contributed by atoms with E-state index in [0.717, 1.165) is 0 Å². The van der Waals surface area contributed by atoms with Crippen LogP contribution in [0.25, 0.3) is 0 Å². The van der Waals surface area contributed by atoms with Crippen molar-refractivity contribution in [2.45, 2.75) is 13.3 Å². The second-order valence-corrected chi connectivity index (χ2v) is 3.69. The first-order valence-corrected chi connectivity index (χ1v) is 5.54. The molecule has 1 aromatic rings. The molecule has 18 heavy (non-hydrogen) atoms. The lowest BCUT2D eigenvalue weighted by molar-refractivity contribution is -0.384. The Morgan fingerprint density at radius 1 is 1.33 bits per heavy atom. The molecule has 0 atom stereocenters. The molecular weight excluding hydrogens is 256 g/mol. The van der Waals surface area contributed by atoms with Gasteiger partial charge in [0.25, 0.3) is 5.69 Å². The predicted octanol–water partition coefficient (Wildman–Crippen LogP) is 1.32. The van der Waals surface area contributed by atoms with Crippen LogP contribution in [-0.2, 0) is 4.79 Å². The van der Waals surface area contributed by atoms with Gasteiger partial charge in [0, 0.05) is 24.2 Å². The third-order valence-corrected chi connectivity index (χ3v) is 2.18. The number of carbonyl (C=O) groups excluding carboxylic acids is 1. The predicted molar refractivity (Wildman–Crippen MR) is 70.9 cm³/mol. The molecule has 0 unspecified atom stereocenters. The monoisotopic (exact) mass is 268 g/mol. The van der Waals surface area contributed by atoms with Crippen LogP contribution in [-0.4, -0.2) is 15.9 Å². The topological polar surface area (TPSA) is 96.3 Å². The van der Waals surface area contributed by atoms with Gasteiger partial charge in [-0.25, -0.2) is 0 Å². The summed E-state index contributed by atoms with van der Waals surface area (Å²) in [5.41, 5.74) is 5.47. The smallest absolute Gasteiger partial charge is 0.269 e. The summed E-state index contributed by atoms with van der Waals surface area (Å²) < 4.78 is 0. The molecule has 0 aliphatic rings. The normalized spacial score (nSPS) is 9.39. The van der Waals surface area contributed by atoms with Crippen molar-refractivity contribution in [2.24, 2.45) is 0 Å². The van der Waals surface area contributed by atoms with E-state index >= 15 is 0 Å². The molecular formula is C10H12N4O3S. The van der Waals surface area contributed by atoms with Crippen LogP contribution in [0.15, 0.2) is 24.3 Å². The molecule has 0 fully saturated rings. The highest BCUT2D eigenvalue weighted by molar-refractivity contribution is 7.80. The number of anilines is 1. The van der Waals surface area contributed by atoms with Crippen molar-refractivity contribution in [2.75, 3.05) is 5.32 Å². The Kier molecular flexibility index (Phi) is 5.00. The van der Waals surface area contributed by atoms with Crippen molar-refractivity contribution in [1.82, 2.24) is 10.9 Å². The number of non-ortho nitro benzene ring substituents is 1. The molecule has 0 saturated heterocycles. The number of carbonyl (C=O) groups is 1. The zero-order valence-corrected chi connectivity index (χ0v) is 10.4. The number of hydrazine groups is 1. The Balaban J connectivity index is 2.49. The summed E-state index contributed by atoms with van der Waals surface area (Å²) in [5, 5.41) is 13.4. The zero-order chi connectivity index (χ0) is 13.5. The number of rotatable bonds is 3. The number of nitrogens with one attached hydrogen (secondary N) is 3. The van der Waals surface area contributed by atoms with Crippen LogP contribution in [0.1, 0.15) is 13.3 Å². The Hall–Kier alpha value is -2.22. The zero-order valence-electron chi connectivity index (χ0n) is 9.60. The highest BCUT2D eigenvalue weighted by Gasteiger charge is 2.04. The van der Waals surface area contributed by atoms with Crippen LogP contribution in [0.2, 0.25) is 0 Å². The first-order valence-electron chi connectivity index (χ1n) is 5.13. The molecule has 3 N–H and O–H groups in total. The van der Waals surface area contributed by atoms with E-state index in [0.29, 0.717) is 12.1 Å². The number of hydrogen-bond donors (Lipinski definition) is 3. The fraction of sp³-hybridized carbons (Fsp3) is 0.200. The molecule has 0 spiro atoms. The van der Waals surface area contributed by atoms with Gasteiger partial charge in [-0.05, 0) is 24.4 Å². The van der Waals surface area contributed by atoms with Crippen LogP contribution < -0.4 is 16.2 Å². The van der Waals surface area contributed by atoms with Crippen molar-refractivity contribution in [3.63, 3.8) is 0 Å². The van der Waals surface area contributed by atoms with E-state index in [2.05, 4.69) is 16.2 Å². The van der Waals surface area contributed by atoms with E-state index in [1.54, 1.807) is 6.92 Å². The van der Waals surface area contributed by atoms with E-state index < -0.39 is 4.92 Å². The summed E-state index contributed by atoms with van der Waals surface area (Å²) in [4.78, 5) is 20.9. The lowest BCUT2D eigenvalue weighted by atomic mass is 10.3. The summed E-state index contributed by atoms with van der Waals surface area (Å²) in [6.07, 6.45) is 0.340. The lowest BCUT2D eigenvalue weighted by Gasteiger charge is -2.10. The van der Waals surface area contributed by atoms with Crippen LogP contribution in [0.4, 0.5) is 11.4 Å². The number of amides is 1. The molecule has 1 rings (SSSR count). The molecule has 0 bridgehead atoms. The summed E-state index contributed by atoms with van der Waals surface area (Å²) in [5.74, 6) is -0.192. The third-order valence-electron chi connectivity index (χ3n) is 1.97. The molecule has 8 heteroatoms. The summed E-state index contributed by atoms with van der Waals surface area (Å²) in [6.45, 7) is 1.71. The van der Waals surface area contributed by atoms with E-state index in [4.69, 9.17) is 12.2 Å². The average molecular weight is 268 g/mol. The second-order valence-electron chi connectivity index (χ2n) is 3.28. The van der Waals surface area contributed by atoms with Crippen molar-refractivity contribution < 1.29 is 9.72 Å². The number of nitrogens with zero attached hydrogens (tertiary/aromatic N) is 1. The number of hydrogen-bond acceptors (Lipinski definition) is 4. The van der Waals surface area contributed by atoms with Crippen LogP contribution in [0.5, 0.6) is 0 Å². The van der Waals surface area contributed by atoms with Crippen molar-refractivity contribution in [1.29, 1.82) is 0 Å². The molecule has 0 aromatic heterocycles. The van der Waals surface area contributed by atoms with E-state index in [1.807, 2.05) is 0 Å². The maximum absolute atomic E-state index is 11.0. The van der Waals surface area contributed by atoms with Gasteiger partial charge in [0.2, 0.25) is 5.91 Å². The molecule has 1 amide bonds. The van der Waals surface area contributed by atoms with Gasteiger partial charge in [0.05, 0.1) is 4.92 Å². The van der Waals surface area contributed by atoms with Gasteiger partial charge < -0.3 is 5.32 Å². The van der Waals surface area contributed by atoms with Crippen LogP contribution in [0, 0.1) is 10.1 Å². The van der Waals surface area contributed by atoms with Crippen molar-refractivity contribution in [3.05, 3.63) is 34.4 Å². The Labute approximate surface area is 109 Å². The molecule has 96 valence electrons. The Bertz CT molecular complexity index is 461. The van der Waals surface area contributed by atoms with Crippen LogP contribution >= 0.6 is 12.2 Å². The maximum atomic E-state index is 11.0. The number of benzene rings is 1. The maximum Gasteiger partial charge on any atom is 0.269 e. The molecule has 7 nitrogen and oxygen atoms in total. The highest BCUT2D eigenvalue weighted by atomic mass is 32.1. The third kappa shape index (κ3) is 4.34. The van der Waals surface area contributed by atoms with Gasteiger partial charge >= 0.3 is 0 Å². The molecule has 0 heterocycles. The molecule has 0 aliphatic carbocycles. The molecule has 1 aromatic carbocycles. The fourth-order valence-corrected chi connectivity index (χ4v) is 1.21. The lowest BCUT2D eigenvalue weighted by Crippen LogP contribution is -2.43. The van der Waals surface area contributed by atoms with Gasteiger partial charge in [-0.15, -0.1) is 0 Å². The number of thiocarbonyl (C=S) groups is 1. The number of nitro groups is 1. The van der Waals surface area contributed by atoms with Gasteiger partial charge in [0.1, 0.15) is 0 Å². The minimum Gasteiger partial charge on any atom is -0.331 e. The molecule has 0 saturated carbocycles. The summed E-state index contributed by atoms with van der Waals surface area (Å²) in [6, 6.07) is 5.76. The fourth-order valence-electron chi connectivity index (χ4n) is 1.04. The highest BCUT2D eigenvalue weighted by Crippen LogP contribution is 2.14. The van der Waals surface area contributed by atoms with Gasteiger partial charge in [-0.2, -0.15) is 0 Å². The van der Waals surface area contributed by atoms with Crippen LogP contribution in [0.3, 0.4) is 0 Å². The quantitative estimate of drug-likeness (QED) is 0.434. The SMILES string of the molecule is CCC(=O)NNC(=S)Nc1ccc([N+](=O)[O-])cc1. The largest absolute Gasteiger partial charge is 0.331 e. The summed E-state index contributed by atoms with van der Waals surface area (Å²) >= 11 is 4.92. The Morgan fingerprint density at radius 2 is 1.94 bits per heavy atom. The van der Waals surface area contributed by atoms with E-state index in [-0.39, 0.29) is 16.7 Å². The second kappa shape index (κ2) is 6.50. The Morgan fingerprint density at radius 3 is 2.44 bits per heavy atom.